The second-order valence-corrected chi connectivity index (χ2v) is 6.42. The monoisotopic (exact) mass is 441 g/mol. The number of carbonyl (C=O) groups excluding carboxylic acids is 1. The van der Waals surface area contributed by atoms with Crippen LogP contribution in [0, 0.1) is 0 Å². The molecule has 0 unspecified atom stereocenters. The predicted octanol–water partition coefficient (Wildman–Crippen LogP) is 3.85. The number of aromatic carboxylic acids is 1. The highest BCUT2D eigenvalue weighted by Gasteiger charge is 2.16. The number of carboxylic acids is 1. The lowest BCUT2D eigenvalue weighted by Gasteiger charge is -2.12. The summed E-state index contributed by atoms with van der Waals surface area (Å²) in [5.41, 5.74) is 1.41. The summed E-state index contributed by atoms with van der Waals surface area (Å²) in [5, 5.41) is 11.6. The molecule has 2 aromatic carbocycles. The SMILES string of the molecule is COc1c(Br)cc(Br)cc1C(=O)NCc1ccc(C(=O)O)cc1. The number of rotatable bonds is 5. The first-order valence-electron chi connectivity index (χ1n) is 6.56. The molecule has 0 saturated heterocycles. The van der Waals surface area contributed by atoms with Gasteiger partial charge in [-0.25, -0.2) is 4.79 Å². The number of methoxy groups -OCH3 is 1. The zero-order valence-corrected chi connectivity index (χ0v) is 15.3. The van der Waals surface area contributed by atoms with Crippen molar-refractivity contribution in [2.45, 2.75) is 6.54 Å². The minimum absolute atomic E-state index is 0.206. The van der Waals surface area contributed by atoms with Crippen molar-refractivity contribution >= 4 is 43.7 Å². The molecule has 0 aromatic heterocycles. The van der Waals surface area contributed by atoms with Crippen molar-refractivity contribution in [1.82, 2.24) is 5.32 Å². The topological polar surface area (TPSA) is 75.6 Å². The van der Waals surface area contributed by atoms with E-state index < -0.39 is 5.97 Å². The zero-order valence-electron chi connectivity index (χ0n) is 12.1. The quantitative estimate of drug-likeness (QED) is 0.737. The average Bonchev–Trinajstić information content (AvgIpc) is 2.52. The van der Waals surface area contributed by atoms with Gasteiger partial charge < -0.3 is 15.2 Å². The van der Waals surface area contributed by atoms with Crippen LogP contribution in [0.1, 0.15) is 26.3 Å². The Morgan fingerprint density at radius 2 is 1.83 bits per heavy atom. The second kappa shape index (κ2) is 7.61. The largest absolute Gasteiger partial charge is 0.495 e. The molecular formula is C16H13Br2NO4. The number of amides is 1. The Morgan fingerprint density at radius 3 is 2.39 bits per heavy atom. The predicted molar refractivity (Wildman–Crippen MR) is 93.0 cm³/mol. The summed E-state index contributed by atoms with van der Waals surface area (Å²) >= 11 is 6.69. The summed E-state index contributed by atoms with van der Waals surface area (Å²) in [6, 6.07) is 9.79. The summed E-state index contributed by atoms with van der Waals surface area (Å²) in [4.78, 5) is 23.2. The van der Waals surface area contributed by atoms with Crippen LogP contribution in [0.4, 0.5) is 0 Å². The van der Waals surface area contributed by atoms with Gasteiger partial charge in [0.05, 0.1) is 22.7 Å². The molecule has 23 heavy (non-hydrogen) atoms. The number of carbonyl (C=O) groups is 2. The number of benzene rings is 2. The maximum absolute atomic E-state index is 12.4. The standard InChI is InChI=1S/C16H13Br2NO4/c1-23-14-12(6-11(17)7-13(14)18)15(20)19-8-9-2-4-10(5-3-9)16(21)22/h2-7H,8H2,1H3,(H,19,20)(H,21,22). The fraction of sp³-hybridized carbons (Fsp3) is 0.125. The number of hydrogen-bond acceptors (Lipinski definition) is 3. The van der Waals surface area contributed by atoms with Crippen molar-refractivity contribution < 1.29 is 19.4 Å². The molecular weight excluding hydrogens is 430 g/mol. The Balaban J connectivity index is 2.12. The van der Waals surface area contributed by atoms with Crippen LogP contribution >= 0.6 is 31.9 Å². The molecule has 5 nitrogen and oxygen atoms in total. The zero-order chi connectivity index (χ0) is 17.0. The van der Waals surface area contributed by atoms with E-state index >= 15 is 0 Å². The first-order valence-corrected chi connectivity index (χ1v) is 8.14. The third-order valence-electron chi connectivity index (χ3n) is 3.11. The molecule has 120 valence electrons. The van der Waals surface area contributed by atoms with Crippen LogP contribution < -0.4 is 10.1 Å². The molecule has 1 amide bonds. The van der Waals surface area contributed by atoms with E-state index in [1.54, 1.807) is 24.3 Å². The van der Waals surface area contributed by atoms with Crippen LogP contribution in [0.25, 0.3) is 0 Å². The van der Waals surface area contributed by atoms with Crippen molar-refractivity contribution in [3.8, 4) is 5.75 Å². The molecule has 0 bridgehead atoms. The van der Waals surface area contributed by atoms with Crippen molar-refractivity contribution in [2.24, 2.45) is 0 Å². The number of halogens is 2. The Labute approximate surface area is 149 Å². The minimum atomic E-state index is -0.982. The van der Waals surface area contributed by atoms with Gasteiger partial charge in [0.15, 0.2) is 0 Å². The molecule has 0 aliphatic carbocycles. The number of nitrogens with one attached hydrogen (secondary N) is 1. The van der Waals surface area contributed by atoms with Crippen LogP contribution in [-0.2, 0) is 6.54 Å². The summed E-state index contributed by atoms with van der Waals surface area (Å²) in [7, 11) is 1.50. The molecule has 0 spiro atoms. The highest BCUT2D eigenvalue weighted by Crippen LogP contribution is 2.32. The maximum Gasteiger partial charge on any atom is 0.335 e. The van der Waals surface area contributed by atoms with E-state index in [4.69, 9.17) is 9.84 Å². The van der Waals surface area contributed by atoms with Crippen molar-refractivity contribution in [3.63, 3.8) is 0 Å². The molecule has 2 aromatic rings. The van der Waals surface area contributed by atoms with Crippen molar-refractivity contribution in [1.29, 1.82) is 0 Å². The van der Waals surface area contributed by atoms with Crippen molar-refractivity contribution in [2.75, 3.05) is 7.11 Å². The normalized spacial score (nSPS) is 10.2. The number of ether oxygens (including phenoxy) is 1. The van der Waals surface area contributed by atoms with E-state index in [1.807, 2.05) is 0 Å². The Morgan fingerprint density at radius 1 is 1.17 bits per heavy atom. The number of carboxylic acid groups (broad SMARTS) is 1. The average molecular weight is 443 g/mol. The van der Waals surface area contributed by atoms with Crippen LogP contribution in [0.3, 0.4) is 0 Å². The molecule has 2 rings (SSSR count). The van der Waals surface area contributed by atoms with Gasteiger partial charge in [-0.15, -0.1) is 0 Å². The van der Waals surface area contributed by atoms with Crippen LogP contribution in [0.15, 0.2) is 45.3 Å². The van der Waals surface area contributed by atoms with E-state index in [1.165, 1.54) is 19.2 Å². The summed E-state index contributed by atoms with van der Waals surface area (Å²) in [6.07, 6.45) is 0. The van der Waals surface area contributed by atoms with Gasteiger partial charge in [-0.2, -0.15) is 0 Å². The van der Waals surface area contributed by atoms with E-state index in [0.29, 0.717) is 15.8 Å². The summed E-state index contributed by atoms with van der Waals surface area (Å²) in [6.45, 7) is 0.284. The lowest BCUT2D eigenvalue weighted by molar-refractivity contribution is 0.0696. The van der Waals surface area contributed by atoms with Gasteiger partial charge in [-0.1, -0.05) is 28.1 Å². The first kappa shape index (κ1) is 17.5. The van der Waals surface area contributed by atoms with Gasteiger partial charge in [0.25, 0.3) is 5.91 Å². The fourth-order valence-corrected chi connectivity index (χ4v) is 3.37. The molecule has 0 aliphatic rings. The smallest absolute Gasteiger partial charge is 0.335 e. The molecule has 0 aliphatic heterocycles. The molecule has 0 atom stereocenters. The minimum Gasteiger partial charge on any atom is -0.495 e. The molecule has 2 N–H and O–H groups in total. The van der Waals surface area contributed by atoms with Gasteiger partial charge in [-0.05, 0) is 45.8 Å². The lowest BCUT2D eigenvalue weighted by Crippen LogP contribution is -2.23. The van der Waals surface area contributed by atoms with Gasteiger partial charge in [-0.3, -0.25) is 4.79 Å². The highest BCUT2D eigenvalue weighted by atomic mass is 79.9. The molecule has 0 radical (unpaired) electrons. The molecule has 7 heteroatoms. The maximum atomic E-state index is 12.4. The fourth-order valence-electron chi connectivity index (χ4n) is 1.98. The molecule has 0 fully saturated rings. The summed E-state index contributed by atoms with van der Waals surface area (Å²) in [5.74, 6) is -0.817. The van der Waals surface area contributed by atoms with Crippen molar-refractivity contribution in [3.05, 3.63) is 62.0 Å². The Hall–Kier alpha value is -1.86. The third kappa shape index (κ3) is 4.33. The molecule has 0 saturated carbocycles. The second-order valence-electron chi connectivity index (χ2n) is 4.65. The van der Waals surface area contributed by atoms with Gasteiger partial charge in [0.2, 0.25) is 0 Å². The lowest BCUT2D eigenvalue weighted by atomic mass is 10.1. The van der Waals surface area contributed by atoms with E-state index in [0.717, 1.165) is 10.0 Å². The van der Waals surface area contributed by atoms with Gasteiger partial charge in [0, 0.05) is 11.0 Å². The van der Waals surface area contributed by atoms with E-state index in [-0.39, 0.29) is 18.0 Å². The van der Waals surface area contributed by atoms with Crippen LogP contribution in [0.5, 0.6) is 5.75 Å². The number of hydrogen-bond donors (Lipinski definition) is 2. The Bertz CT molecular complexity index is 744. The first-order chi connectivity index (χ1) is 10.9. The van der Waals surface area contributed by atoms with Crippen LogP contribution in [-0.4, -0.2) is 24.1 Å². The third-order valence-corrected chi connectivity index (χ3v) is 4.16. The van der Waals surface area contributed by atoms with E-state index in [9.17, 15) is 9.59 Å². The van der Waals surface area contributed by atoms with Crippen LogP contribution in [0.2, 0.25) is 0 Å². The van der Waals surface area contributed by atoms with E-state index in [2.05, 4.69) is 37.2 Å². The van der Waals surface area contributed by atoms with Gasteiger partial charge in [0.1, 0.15) is 5.75 Å². The summed E-state index contributed by atoms with van der Waals surface area (Å²) < 4.78 is 6.68. The molecule has 0 heterocycles. The van der Waals surface area contributed by atoms with Gasteiger partial charge >= 0.3 is 5.97 Å². The highest BCUT2D eigenvalue weighted by molar-refractivity contribution is 9.11. The Kier molecular flexibility index (Phi) is 5.79.